The third kappa shape index (κ3) is 5.09. The van der Waals surface area contributed by atoms with Crippen LogP contribution < -0.4 is 10.1 Å². The second-order valence-corrected chi connectivity index (χ2v) is 6.74. The molecule has 1 heterocycles. The highest BCUT2D eigenvalue weighted by Gasteiger charge is 2.11. The van der Waals surface area contributed by atoms with Crippen LogP contribution in [0.2, 0.25) is 0 Å². The van der Waals surface area contributed by atoms with E-state index in [0.717, 1.165) is 39.0 Å². The molecule has 0 radical (unpaired) electrons. The molecule has 0 atom stereocenters. The van der Waals surface area contributed by atoms with Crippen LogP contribution in [0, 0.1) is 0 Å². The fourth-order valence-electron chi connectivity index (χ4n) is 1.94. The van der Waals surface area contributed by atoms with Crippen molar-refractivity contribution in [2.45, 2.75) is 33.0 Å². The van der Waals surface area contributed by atoms with Gasteiger partial charge in [0, 0.05) is 29.3 Å². The van der Waals surface area contributed by atoms with Gasteiger partial charge in [0.1, 0.15) is 5.75 Å². The molecule has 2 rings (SSSR count). The molecule has 0 fully saturated rings. The number of nitrogens with zero attached hydrogens (tertiary/aromatic N) is 1. The second-order valence-electron chi connectivity index (χ2n) is 4.97. The molecule has 21 heavy (non-hydrogen) atoms. The topological polar surface area (TPSA) is 34.1 Å². The Morgan fingerprint density at radius 1 is 1.19 bits per heavy atom. The van der Waals surface area contributed by atoms with E-state index in [1.54, 1.807) is 6.20 Å². The van der Waals surface area contributed by atoms with Crippen molar-refractivity contribution >= 4 is 31.9 Å². The number of hydrogen-bond acceptors (Lipinski definition) is 3. The molecule has 0 bridgehead atoms. The molecule has 0 aliphatic carbocycles. The monoisotopic (exact) mass is 412 g/mol. The van der Waals surface area contributed by atoms with Crippen molar-refractivity contribution in [3.8, 4) is 5.75 Å². The van der Waals surface area contributed by atoms with E-state index in [-0.39, 0.29) is 6.10 Å². The van der Waals surface area contributed by atoms with Crippen molar-refractivity contribution < 1.29 is 4.74 Å². The predicted molar refractivity (Wildman–Crippen MR) is 92.4 cm³/mol. The number of ether oxygens (including phenoxy) is 1. The molecule has 0 saturated heterocycles. The van der Waals surface area contributed by atoms with Crippen molar-refractivity contribution in [3.05, 3.63) is 56.7 Å². The Kier molecular flexibility index (Phi) is 6.21. The maximum atomic E-state index is 5.91. The van der Waals surface area contributed by atoms with Crippen molar-refractivity contribution in [1.82, 2.24) is 10.3 Å². The van der Waals surface area contributed by atoms with E-state index in [1.165, 1.54) is 0 Å². The second kappa shape index (κ2) is 7.92. The lowest BCUT2D eigenvalue weighted by molar-refractivity contribution is 0.238. The minimum atomic E-state index is 0.136. The molecule has 0 unspecified atom stereocenters. The van der Waals surface area contributed by atoms with Gasteiger partial charge in [0.2, 0.25) is 0 Å². The lowest BCUT2D eigenvalue weighted by Crippen LogP contribution is -2.16. The normalized spacial score (nSPS) is 10.9. The molecule has 1 aromatic heterocycles. The predicted octanol–water partition coefficient (Wildman–Crippen LogP) is 4.68. The fraction of sp³-hybridized carbons (Fsp3) is 0.312. The third-order valence-corrected chi connectivity index (χ3v) is 3.83. The summed E-state index contributed by atoms with van der Waals surface area (Å²) in [6.45, 7) is 5.50. The molecule has 0 aliphatic rings. The van der Waals surface area contributed by atoms with Gasteiger partial charge in [-0.1, -0.05) is 22.0 Å². The lowest BCUT2D eigenvalue weighted by atomic mass is 10.2. The summed E-state index contributed by atoms with van der Waals surface area (Å²) in [5.41, 5.74) is 2.14. The van der Waals surface area contributed by atoms with Gasteiger partial charge in [-0.15, -0.1) is 0 Å². The molecule has 112 valence electrons. The van der Waals surface area contributed by atoms with Gasteiger partial charge in [-0.25, -0.2) is 0 Å². The van der Waals surface area contributed by atoms with E-state index in [1.807, 2.05) is 38.1 Å². The first-order chi connectivity index (χ1) is 10.1. The Morgan fingerprint density at radius 2 is 2.00 bits per heavy atom. The van der Waals surface area contributed by atoms with E-state index in [2.05, 4.69) is 48.2 Å². The smallest absolute Gasteiger partial charge is 0.138 e. The summed E-state index contributed by atoms with van der Waals surface area (Å²) in [7, 11) is 0. The molecule has 0 saturated carbocycles. The summed E-state index contributed by atoms with van der Waals surface area (Å²) in [5, 5.41) is 3.40. The Hall–Kier alpha value is -0.910. The standard InChI is InChI=1S/C16H18Br2N2O/c1-11(2)21-16-12(7-13(17)8-15(16)18)9-19-10-14-5-3-4-6-20-14/h3-8,11,19H,9-10H2,1-2H3. The zero-order valence-corrected chi connectivity index (χ0v) is 15.2. The number of pyridine rings is 1. The van der Waals surface area contributed by atoms with E-state index in [9.17, 15) is 0 Å². The van der Waals surface area contributed by atoms with Crippen molar-refractivity contribution in [2.75, 3.05) is 0 Å². The van der Waals surface area contributed by atoms with Gasteiger partial charge in [-0.05, 0) is 54.0 Å². The van der Waals surface area contributed by atoms with Gasteiger partial charge < -0.3 is 10.1 Å². The quantitative estimate of drug-likeness (QED) is 0.746. The van der Waals surface area contributed by atoms with E-state index in [0.29, 0.717) is 0 Å². The van der Waals surface area contributed by atoms with Crippen molar-refractivity contribution in [3.63, 3.8) is 0 Å². The van der Waals surface area contributed by atoms with Gasteiger partial charge in [0.15, 0.2) is 0 Å². The molecule has 1 aromatic carbocycles. The first kappa shape index (κ1) is 16.5. The molecular formula is C16H18Br2N2O. The van der Waals surface area contributed by atoms with Gasteiger partial charge in [0.05, 0.1) is 16.3 Å². The van der Waals surface area contributed by atoms with Crippen molar-refractivity contribution in [1.29, 1.82) is 0 Å². The van der Waals surface area contributed by atoms with E-state index >= 15 is 0 Å². The van der Waals surface area contributed by atoms with Crippen LogP contribution in [0.1, 0.15) is 25.1 Å². The summed E-state index contributed by atoms with van der Waals surface area (Å²) < 4.78 is 7.90. The minimum Gasteiger partial charge on any atom is -0.489 e. The molecule has 2 aromatic rings. The van der Waals surface area contributed by atoms with Gasteiger partial charge in [-0.2, -0.15) is 0 Å². The SMILES string of the molecule is CC(C)Oc1c(Br)cc(Br)cc1CNCc1ccccn1. The molecule has 3 nitrogen and oxygen atoms in total. The number of halogens is 2. The fourth-order valence-corrected chi connectivity index (χ4v) is 3.35. The van der Waals surface area contributed by atoms with Crippen LogP contribution in [0.3, 0.4) is 0 Å². The lowest BCUT2D eigenvalue weighted by Gasteiger charge is -2.17. The highest BCUT2D eigenvalue weighted by molar-refractivity contribution is 9.11. The van der Waals surface area contributed by atoms with Crippen LogP contribution in [0.4, 0.5) is 0 Å². The maximum Gasteiger partial charge on any atom is 0.138 e. The highest BCUT2D eigenvalue weighted by atomic mass is 79.9. The number of hydrogen-bond donors (Lipinski definition) is 1. The first-order valence-corrected chi connectivity index (χ1v) is 8.40. The largest absolute Gasteiger partial charge is 0.489 e. The number of aromatic nitrogens is 1. The number of rotatable bonds is 6. The van der Waals surface area contributed by atoms with E-state index < -0.39 is 0 Å². The van der Waals surface area contributed by atoms with Gasteiger partial charge in [-0.3, -0.25) is 4.98 Å². The van der Waals surface area contributed by atoms with E-state index in [4.69, 9.17) is 4.74 Å². The summed E-state index contributed by atoms with van der Waals surface area (Å²) >= 11 is 7.09. The van der Waals surface area contributed by atoms with Crippen LogP contribution in [0.5, 0.6) is 5.75 Å². The molecule has 1 N–H and O–H groups in total. The van der Waals surface area contributed by atoms with Crippen molar-refractivity contribution in [2.24, 2.45) is 0 Å². The molecular weight excluding hydrogens is 396 g/mol. The summed E-state index contributed by atoms with van der Waals surface area (Å²) in [4.78, 5) is 4.30. The summed E-state index contributed by atoms with van der Waals surface area (Å²) in [5.74, 6) is 0.890. The number of nitrogens with one attached hydrogen (secondary N) is 1. The Labute approximate surface area is 142 Å². The van der Waals surface area contributed by atoms with Crippen LogP contribution in [0.15, 0.2) is 45.5 Å². The van der Waals surface area contributed by atoms with Crippen LogP contribution in [-0.4, -0.2) is 11.1 Å². The molecule has 5 heteroatoms. The van der Waals surface area contributed by atoms with Crippen LogP contribution in [0.25, 0.3) is 0 Å². The average Bonchev–Trinajstić information content (AvgIpc) is 2.43. The average molecular weight is 414 g/mol. The van der Waals surface area contributed by atoms with Gasteiger partial charge in [0.25, 0.3) is 0 Å². The Bertz CT molecular complexity index is 588. The molecule has 0 amide bonds. The van der Waals surface area contributed by atoms with Gasteiger partial charge >= 0.3 is 0 Å². The zero-order valence-electron chi connectivity index (χ0n) is 12.1. The van der Waals surface area contributed by atoms with Crippen LogP contribution in [-0.2, 0) is 13.1 Å². The third-order valence-electron chi connectivity index (χ3n) is 2.79. The van der Waals surface area contributed by atoms with Crippen LogP contribution >= 0.6 is 31.9 Å². The molecule has 0 aliphatic heterocycles. The number of benzene rings is 1. The Morgan fingerprint density at radius 3 is 2.67 bits per heavy atom. The summed E-state index contributed by atoms with van der Waals surface area (Å²) in [6, 6.07) is 10.00. The molecule has 0 spiro atoms. The maximum absolute atomic E-state index is 5.91. The highest BCUT2D eigenvalue weighted by Crippen LogP contribution is 2.33. The first-order valence-electron chi connectivity index (χ1n) is 6.81. The minimum absolute atomic E-state index is 0.136. The zero-order chi connectivity index (χ0) is 15.2. The summed E-state index contributed by atoms with van der Waals surface area (Å²) in [6.07, 6.45) is 1.94. The Balaban J connectivity index is 2.07.